The summed E-state index contributed by atoms with van der Waals surface area (Å²) in [4.78, 5) is 29.5. The van der Waals surface area contributed by atoms with E-state index in [4.69, 9.17) is 4.74 Å². The Hall–Kier alpha value is -2.82. The van der Waals surface area contributed by atoms with Gasteiger partial charge in [-0.15, -0.1) is 0 Å². The molecule has 2 atom stereocenters. The van der Waals surface area contributed by atoms with Crippen LogP contribution in [-0.2, 0) is 16.0 Å². The van der Waals surface area contributed by atoms with Crippen LogP contribution in [0.5, 0.6) is 5.75 Å². The highest BCUT2D eigenvalue weighted by molar-refractivity contribution is 6.03. The van der Waals surface area contributed by atoms with Crippen LogP contribution in [0.2, 0.25) is 0 Å². The van der Waals surface area contributed by atoms with Gasteiger partial charge in [-0.3, -0.25) is 14.5 Å². The molecule has 2 aromatic rings. The van der Waals surface area contributed by atoms with Crippen molar-refractivity contribution in [1.82, 2.24) is 4.90 Å². The number of anilines is 1. The number of carbonyl (C=O) groups is 2. The van der Waals surface area contributed by atoms with E-state index >= 15 is 0 Å². The van der Waals surface area contributed by atoms with Crippen LogP contribution in [0.25, 0.3) is 0 Å². The monoisotopic (exact) mass is 364 g/mol. The summed E-state index contributed by atoms with van der Waals surface area (Å²) in [6, 6.07) is 15.1. The highest BCUT2D eigenvalue weighted by Gasteiger charge is 2.41. The number of hydrogen-bond donors (Lipinski definition) is 0. The molecule has 4 rings (SSSR count). The molecule has 140 valence electrons. The van der Waals surface area contributed by atoms with Crippen LogP contribution in [0, 0.1) is 0 Å². The first-order chi connectivity index (χ1) is 13.1. The Labute approximate surface area is 159 Å². The molecule has 2 amide bonds. The molecule has 0 aromatic heterocycles. The predicted octanol–water partition coefficient (Wildman–Crippen LogP) is 3.34. The molecule has 2 aliphatic heterocycles. The van der Waals surface area contributed by atoms with E-state index in [2.05, 4.69) is 13.0 Å². The van der Waals surface area contributed by atoms with Gasteiger partial charge < -0.3 is 9.64 Å². The van der Waals surface area contributed by atoms with Gasteiger partial charge in [0, 0.05) is 18.7 Å². The summed E-state index contributed by atoms with van der Waals surface area (Å²) >= 11 is 0. The number of para-hydroxylation sites is 1. The van der Waals surface area contributed by atoms with Crippen molar-refractivity contribution in [2.24, 2.45) is 0 Å². The van der Waals surface area contributed by atoms with Gasteiger partial charge in [0.2, 0.25) is 11.8 Å². The minimum absolute atomic E-state index is 0.0197. The summed E-state index contributed by atoms with van der Waals surface area (Å²) in [7, 11) is 1.65. The zero-order chi connectivity index (χ0) is 19.0. The third-order valence-electron chi connectivity index (χ3n) is 5.71. The largest absolute Gasteiger partial charge is 0.497 e. The third-order valence-corrected chi connectivity index (χ3v) is 5.71. The number of amides is 2. The average Bonchev–Trinajstić information content (AvgIpc) is 3.09. The number of hydrogen-bond acceptors (Lipinski definition) is 3. The van der Waals surface area contributed by atoms with Crippen LogP contribution in [0.15, 0.2) is 48.5 Å². The lowest BCUT2D eigenvalue weighted by Crippen LogP contribution is -2.49. The van der Waals surface area contributed by atoms with Gasteiger partial charge >= 0.3 is 0 Å². The third kappa shape index (κ3) is 3.07. The van der Waals surface area contributed by atoms with Crippen LogP contribution in [0.3, 0.4) is 0 Å². The van der Waals surface area contributed by atoms with Gasteiger partial charge in [0.05, 0.1) is 13.2 Å². The maximum atomic E-state index is 13.4. The Morgan fingerprint density at radius 3 is 2.63 bits per heavy atom. The molecule has 2 aromatic carbocycles. The molecule has 0 bridgehead atoms. The van der Waals surface area contributed by atoms with Crippen LogP contribution >= 0.6 is 0 Å². The fourth-order valence-electron chi connectivity index (χ4n) is 4.24. The van der Waals surface area contributed by atoms with Gasteiger partial charge in [-0.2, -0.15) is 0 Å². The molecule has 0 radical (unpaired) electrons. The zero-order valence-electron chi connectivity index (χ0n) is 15.7. The number of carbonyl (C=O) groups excluding carboxylic acids is 2. The van der Waals surface area contributed by atoms with Gasteiger partial charge in [-0.05, 0) is 55.2 Å². The second kappa shape index (κ2) is 7.06. The van der Waals surface area contributed by atoms with Gasteiger partial charge in [0.1, 0.15) is 11.8 Å². The minimum Gasteiger partial charge on any atom is -0.497 e. The Kier molecular flexibility index (Phi) is 4.60. The summed E-state index contributed by atoms with van der Waals surface area (Å²) in [5.41, 5.74) is 3.18. The molecule has 0 spiro atoms. The maximum absolute atomic E-state index is 13.4. The minimum atomic E-state index is -0.422. The number of methoxy groups -OCH3 is 1. The molecule has 2 heterocycles. The maximum Gasteiger partial charge on any atom is 0.246 e. The molecule has 2 aliphatic rings. The van der Waals surface area contributed by atoms with E-state index in [-0.39, 0.29) is 17.9 Å². The van der Waals surface area contributed by atoms with Crippen LogP contribution in [-0.4, -0.2) is 36.4 Å². The molecule has 1 saturated heterocycles. The predicted molar refractivity (Wildman–Crippen MR) is 104 cm³/mol. The SMILES string of the molecule is COc1ccc2c(c1)C(C)N(C(=O)C1CCC(=O)N1c1ccccc1)CC2. The molecule has 0 N–H and O–H groups in total. The van der Waals surface area contributed by atoms with Crippen molar-refractivity contribution in [3.63, 3.8) is 0 Å². The first kappa shape index (κ1) is 17.6. The van der Waals surface area contributed by atoms with Gasteiger partial charge in [-0.25, -0.2) is 0 Å². The first-order valence-corrected chi connectivity index (χ1v) is 9.44. The van der Waals surface area contributed by atoms with E-state index in [0.717, 1.165) is 23.4 Å². The summed E-state index contributed by atoms with van der Waals surface area (Å²) in [6.07, 6.45) is 1.81. The molecule has 2 unspecified atom stereocenters. The van der Waals surface area contributed by atoms with E-state index in [9.17, 15) is 9.59 Å². The lowest BCUT2D eigenvalue weighted by Gasteiger charge is -2.38. The van der Waals surface area contributed by atoms with E-state index in [0.29, 0.717) is 19.4 Å². The highest BCUT2D eigenvalue weighted by Crippen LogP contribution is 2.35. The Morgan fingerprint density at radius 2 is 1.89 bits per heavy atom. The fourth-order valence-corrected chi connectivity index (χ4v) is 4.24. The van der Waals surface area contributed by atoms with E-state index in [1.54, 1.807) is 12.0 Å². The first-order valence-electron chi connectivity index (χ1n) is 9.44. The summed E-state index contributed by atoms with van der Waals surface area (Å²) in [6.45, 7) is 2.73. The number of rotatable bonds is 3. The van der Waals surface area contributed by atoms with E-state index < -0.39 is 6.04 Å². The number of ether oxygens (including phenoxy) is 1. The number of benzene rings is 2. The second-order valence-electron chi connectivity index (χ2n) is 7.18. The lowest BCUT2D eigenvalue weighted by molar-refractivity contribution is -0.135. The second-order valence-corrected chi connectivity index (χ2v) is 7.18. The fraction of sp³-hybridized carbons (Fsp3) is 0.364. The number of fused-ring (bicyclic) bond motifs is 1. The van der Waals surface area contributed by atoms with Crippen LogP contribution < -0.4 is 9.64 Å². The van der Waals surface area contributed by atoms with Crippen molar-refractivity contribution in [1.29, 1.82) is 0 Å². The number of nitrogens with zero attached hydrogens (tertiary/aromatic N) is 2. The topological polar surface area (TPSA) is 49.9 Å². The van der Waals surface area contributed by atoms with Gasteiger partial charge in [-0.1, -0.05) is 24.3 Å². The summed E-state index contributed by atoms with van der Waals surface area (Å²) in [5, 5.41) is 0. The van der Waals surface area contributed by atoms with Crippen molar-refractivity contribution in [3.05, 3.63) is 59.7 Å². The summed E-state index contributed by atoms with van der Waals surface area (Å²) in [5.74, 6) is 0.855. The van der Waals surface area contributed by atoms with Crippen molar-refractivity contribution < 1.29 is 14.3 Å². The van der Waals surface area contributed by atoms with Gasteiger partial charge in [0.25, 0.3) is 0 Å². The summed E-state index contributed by atoms with van der Waals surface area (Å²) < 4.78 is 5.36. The van der Waals surface area contributed by atoms with Crippen molar-refractivity contribution >= 4 is 17.5 Å². The normalized spacial score (nSPS) is 21.9. The van der Waals surface area contributed by atoms with Gasteiger partial charge in [0.15, 0.2) is 0 Å². The molecule has 5 heteroatoms. The molecule has 1 fully saturated rings. The highest BCUT2D eigenvalue weighted by atomic mass is 16.5. The molecule has 0 saturated carbocycles. The van der Waals surface area contributed by atoms with E-state index in [1.165, 1.54) is 5.56 Å². The smallest absolute Gasteiger partial charge is 0.246 e. The molecule has 27 heavy (non-hydrogen) atoms. The van der Waals surface area contributed by atoms with Crippen molar-refractivity contribution in [2.45, 2.75) is 38.3 Å². The van der Waals surface area contributed by atoms with E-state index in [1.807, 2.05) is 47.4 Å². The standard InChI is InChI=1S/C22H24N2O3/c1-15-19-14-18(27-2)9-8-16(19)12-13-23(15)22(26)20-10-11-21(25)24(20)17-6-4-3-5-7-17/h3-9,14-15,20H,10-13H2,1-2H3. The molecule has 5 nitrogen and oxygen atoms in total. The Balaban J connectivity index is 1.61. The molecule has 0 aliphatic carbocycles. The van der Waals surface area contributed by atoms with Crippen LogP contribution in [0.4, 0.5) is 5.69 Å². The Morgan fingerprint density at radius 1 is 1.11 bits per heavy atom. The van der Waals surface area contributed by atoms with Crippen LogP contribution in [0.1, 0.15) is 36.9 Å². The average molecular weight is 364 g/mol. The molecular weight excluding hydrogens is 340 g/mol. The lowest BCUT2D eigenvalue weighted by atomic mass is 9.92. The van der Waals surface area contributed by atoms with Crippen molar-refractivity contribution in [2.75, 3.05) is 18.6 Å². The quantitative estimate of drug-likeness (QED) is 0.839. The van der Waals surface area contributed by atoms with Crippen molar-refractivity contribution in [3.8, 4) is 5.75 Å². The molecular formula is C22H24N2O3. The zero-order valence-corrected chi connectivity index (χ0v) is 15.7. The Bertz CT molecular complexity index is 865.